The van der Waals surface area contributed by atoms with Gasteiger partial charge in [0, 0.05) is 5.41 Å². The van der Waals surface area contributed by atoms with Crippen molar-refractivity contribution in [2.45, 2.75) is 38.4 Å². The summed E-state index contributed by atoms with van der Waals surface area (Å²) in [6, 6.07) is 7.81. The molecule has 2 fully saturated rings. The number of anilines is 1. The molecule has 4 nitrogen and oxygen atoms in total. The topological polar surface area (TPSA) is 59.1 Å². The number of nitrogens with zero attached hydrogens (tertiary/aromatic N) is 1. The fourth-order valence-electron chi connectivity index (χ4n) is 4.59. The Morgan fingerprint density at radius 3 is 2.62 bits per heavy atom. The van der Waals surface area contributed by atoms with Crippen molar-refractivity contribution in [3.63, 3.8) is 0 Å². The van der Waals surface area contributed by atoms with Gasteiger partial charge in [-0.1, -0.05) is 60.2 Å². The molecule has 0 aliphatic heterocycles. The number of amides is 1. The molecule has 24 heavy (non-hydrogen) atoms. The van der Waals surface area contributed by atoms with Gasteiger partial charge in [0.2, 0.25) is 5.91 Å². The second kappa shape index (κ2) is 4.88. The Morgan fingerprint density at radius 2 is 2.00 bits per heavy atom. The summed E-state index contributed by atoms with van der Waals surface area (Å²) in [5, 5.41) is 3.60. The molecule has 6 heteroatoms. The Labute approximate surface area is 153 Å². The number of benzene rings is 1. The van der Waals surface area contributed by atoms with E-state index < -0.39 is 21.1 Å². The third-order valence-corrected chi connectivity index (χ3v) is 8.79. The standard InChI is InChI=1S/C18H19BrN2O2S/c1-16(2)17(3)8-9-18(16,12(19)13(17)22)14(23)21-15-20-10-6-4-5-7-11(10)24-15/h4-7,12H,8-9H2,1-3H3,(H,20,21,23)/t12-,17-,18+/m0/s1. The molecule has 2 saturated carbocycles. The first-order valence-electron chi connectivity index (χ1n) is 8.09. The van der Waals surface area contributed by atoms with Gasteiger partial charge >= 0.3 is 0 Å². The summed E-state index contributed by atoms with van der Waals surface area (Å²) >= 11 is 5.02. The molecule has 1 amide bonds. The fourth-order valence-corrected chi connectivity index (χ4v) is 6.96. The molecule has 0 unspecified atom stereocenters. The number of fused-ring (bicyclic) bond motifs is 3. The van der Waals surface area contributed by atoms with Gasteiger partial charge in [0.15, 0.2) is 10.9 Å². The first kappa shape index (κ1) is 16.2. The summed E-state index contributed by atoms with van der Waals surface area (Å²) in [6.45, 7) is 6.11. The van der Waals surface area contributed by atoms with E-state index in [-0.39, 0.29) is 11.7 Å². The normalized spacial score (nSPS) is 34.0. The van der Waals surface area contributed by atoms with Crippen LogP contribution in [-0.2, 0) is 9.59 Å². The van der Waals surface area contributed by atoms with Gasteiger partial charge in [-0.15, -0.1) is 0 Å². The van der Waals surface area contributed by atoms with Gasteiger partial charge in [0.25, 0.3) is 0 Å². The van der Waals surface area contributed by atoms with E-state index in [9.17, 15) is 9.59 Å². The highest BCUT2D eigenvalue weighted by Crippen LogP contribution is 2.72. The molecule has 1 aromatic heterocycles. The summed E-state index contributed by atoms with van der Waals surface area (Å²) in [4.78, 5) is 30.1. The van der Waals surface area contributed by atoms with Crippen molar-refractivity contribution in [1.82, 2.24) is 4.98 Å². The number of Topliss-reactive ketones (excluding diaryl/α,β-unsaturated/α-hetero) is 1. The van der Waals surface area contributed by atoms with E-state index in [1.54, 1.807) is 0 Å². The minimum absolute atomic E-state index is 0.0944. The van der Waals surface area contributed by atoms with E-state index in [0.29, 0.717) is 5.13 Å². The van der Waals surface area contributed by atoms with Crippen molar-refractivity contribution in [2.75, 3.05) is 5.32 Å². The molecular formula is C18H19BrN2O2S. The van der Waals surface area contributed by atoms with Crippen LogP contribution in [0.15, 0.2) is 24.3 Å². The van der Waals surface area contributed by atoms with Crippen LogP contribution >= 0.6 is 27.3 Å². The van der Waals surface area contributed by atoms with Crippen LogP contribution in [0, 0.1) is 16.2 Å². The molecule has 2 aliphatic carbocycles. The van der Waals surface area contributed by atoms with Crippen LogP contribution in [-0.4, -0.2) is 21.5 Å². The molecule has 1 heterocycles. The van der Waals surface area contributed by atoms with E-state index >= 15 is 0 Å². The fraction of sp³-hybridized carbons (Fsp3) is 0.500. The quantitative estimate of drug-likeness (QED) is 0.751. The molecule has 4 rings (SSSR count). The number of nitrogens with one attached hydrogen (secondary N) is 1. The molecule has 2 bridgehead atoms. The lowest BCUT2D eigenvalue weighted by Gasteiger charge is -2.39. The Balaban J connectivity index is 1.72. The third kappa shape index (κ3) is 1.71. The molecule has 0 spiro atoms. The second-order valence-electron chi connectivity index (χ2n) is 7.60. The van der Waals surface area contributed by atoms with Crippen molar-refractivity contribution in [3.05, 3.63) is 24.3 Å². The van der Waals surface area contributed by atoms with Crippen LogP contribution in [0.3, 0.4) is 0 Å². The number of hydrogen-bond donors (Lipinski definition) is 1. The molecular weight excluding hydrogens is 388 g/mol. The highest BCUT2D eigenvalue weighted by atomic mass is 79.9. The van der Waals surface area contributed by atoms with E-state index in [0.717, 1.165) is 23.1 Å². The Hall–Kier alpha value is -1.27. The molecule has 3 atom stereocenters. The third-order valence-electron chi connectivity index (χ3n) is 6.64. The summed E-state index contributed by atoms with van der Waals surface area (Å²) in [6.07, 6.45) is 1.48. The van der Waals surface area contributed by atoms with E-state index in [2.05, 4.69) is 40.1 Å². The van der Waals surface area contributed by atoms with Crippen LogP contribution in [0.25, 0.3) is 10.2 Å². The van der Waals surface area contributed by atoms with Gasteiger partial charge in [-0.3, -0.25) is 9.59 Å². The first-order chi connectivity index (χ1) is 11.2. The van der Waals surface area contributed by atoms with Crippen molar-refractivity contribution in [2.24, 2.45) is 16.2 Å². The molecule has 1 aromatic carbocycles. The lowest BCUT2D eigenvalue weighted by molar-refractivity contribution is -0.130. The van der Waals surface area contributed by atoms with Gasteiger partial charge in [-0.2, -0.15) is 0 Å². The minimum atomic E-state index is -0.726. The maximum absolute atomic E-state index is 13.3. The monoisotopic (exact) mass is 406 g/mol. The molecule has 2 aromatic rings. The van der Waals surface area contributed by atoms with Gasteiger partial charge < -0.3 is 5.32 Å². The lowest BCUT2D eigenvalue weighted by atomic mass is 9.64. The molecule has 0 saturated heterocycles. The molecule has 1 N–H and O–H groups in total. The summed E-state index contributed by atoms with van der Waals surface area (Å²) < 4.78 is 1.04. The predicted molar refractivity (Wildman–Crippen MR) is 99.5 cm³/mol. The zero-order valence-corrected chi connectivity index (χ0v) is 16.3. The lowest BCUT2D eigenvalue weighted by Crippen LogP contribution is -2.47. The molecule has 0 radical (unpaired) electrons. The maximum Gasteiger partial charge on any atom is 0.234 e. The minimum Gasteiger partial charge on any atom is -0.301 e. The smallest absolute Gasteiger partial charge is 0.234 e. The molecule has 126 valence electrons. The summed E-state index contributed by atoms with van der Waals surface area (Å²) in [5.41, 5.74) is -0.696. The van der Waals surface area contributed by atoms with Gasteiger partial charge in [-0.05, 0) is 30.4 Å². The number of ketones is 1. The molecule has 2 aliphatic rings. The van der Waals surface area contributed by atoms with Crippen molar-refractivity contribution >= 4 is 54.3 Å². The Kier molecular flexibility index (Phi) is 3.30. The number of carbonyl (C=O) groups is 2. The van der Waals surface area contributed by atoms with Crippen molar-refractivity contribution in [1.29, 1.82) is 0 Å². The van der Waals surface area contributed by atoms with Crippen LogP contribution in [0.4, 0.5) is 5.13 Å². The largest absolute Gasteiger partial charge is 0.301 e. The number of carbonyl (C=O) groups excluding carboxylic acids is 2. The second-order valence-corrected chi connectivity index (χ2v) is 9.54. The van der Waals surface area contributed by atoms with Gasteiger partial charge in [0.1, 0.15) is 0 Å². The number of rotatable bonds is 2. The van der Waals surface area contributed by atoms with Gasteiger partial charge in [0.05, 0.1) is 20.5 Å². The van der Waals surface area contributed by atoms with Crippen LogP contribution in [0.1, 0.15) is 33.6 Å². The van der Waals surface area contributed by atoms with Crippen LogP contribution in [0.2, 0.25) is 0 Å². The van der Waals surface area contributed by atoms with Crippen molar-refractivity contribution in [3.8, 4) is 0 Å². The zero-order valence-electron chi connectivity index (χ0n) is 13.9. The van der Waals surface area contributed by atoms with Crippen molar-refractivity contribution < 1.29 is 9.59 Å². The number of thiazole rings is 1. The summed E-state index contributed by atoms with van der Waals surface area (Å²) in [5.74, 6) is 0.0567. The van der Waals surface area contributed by atoms with Crippen LogP contribution in [0.5, 0.6) is 0 Å². The Morgan fingerprint density at radius 1 is 1.29 bits per heavy atom. The number of para-hydroxylation sites is 1. The van der Waals surface area contributed by atoms with E-state index in [1.165, 1.54) is 11.3 Å². The SMILES string of the molecule is CC1(C)[C@@]2(C)CC[C@]1(C(=O)Nc1nc3ccccc3s1)[C@@H](Br)C2=O. The average molecular weight is 407 g/mol. The summed E-state index contributed by atoms with van der Waals surface area (Å²) in [7, 11) is 0. The highest BCUT2D eigenvalue weighted by molar-refractivity contribution is 9.10. The van der Waals surface area contributed by atoms with E-state index in [1.807, 2.05) is 31.2 Å². The van der Waals surface area contributed by atoms with E-state index in [4.69, 9.17) is 0 Å². The number of halogens is 1. The predicted octanol–water partition coefficient (Wildman–Crippen LogP) is 4.39. The van der Waals surface area contributed by atoms with Gasteiger partial charge in [-0.25, -0.2) is 4.98 Å². The zero-order chi connectivity index (χ0) is 17.3. The number of aromatic nitrogens is 1. The average Bonchev–Trinajstić information content (AvgIpc) is 3.06. The highest BCUT2D eigenvalue weighted by Gasteiger charge is 2.76. The number of alkyl halides is 1. The maximum atomic E-state index is 13.3. The first-order valence-corrected chi connectivity index (χ1v) is 9.83. The van der Waals surface area contributed by atoms with Crippen LogP contribution < -0.4 is 5.32 Å². The number of hydrogen-bond acceptors (Lipinski definition) is 4. The Bertz CT molecular complexity index is 844.